The van der Waals surface area contributed by atoms with E-state index in [9.17, 15) is 4.79 Å². The average molecular weight is 252 g/mol. The van der Waals surface area contributed by atoms with Crippen molar-refractivity contribution in [2.45, 2.75) is 18.9 Å². The van der Waals surface area contributed by atoms with E-state index in [-0.39, 0.29) is 5.56 Å². The summed E-state index contributed by atoms with van der Waals surface area (Å²) in [6, 6.07) is 5.49. The molecular formula is C12H16N2O2S. The lowest BCUT2D eigenvalue weighted by Crippen LogP contribution is -2.25. The van der Waals surface area contributed by atoms with E-state index in [2.05, 4.69) is 5.32 Å². The van der Waals surface area contributed by atoms with E-state index in [0.29, 0.717) is 11.7 Å². The van der Waals surface area contributed by atoms with Crippen molar-refractivity contribution in [2.24, 2.45) is 0 Å². The van der Waals surface area contributed by atoms with E-state index in [4.69, 9.17) is 10.8 Å². The number of para-hydroxylation sites is 1. The summed E-state index contributed by atoms with van der Waals surface area (Å²) in [6.45, 7) is 0. The zero-order chi connectivity index (χ0) is 12.3. The molecule has 1 aliphatic heterocycles. The maximum Gasteiger partial charge on any atom is 0.337 e. The van der Waals surface area contributed by atoms with E-state index in [0.717, 1.165) is 30.0 Å². The van der Waals surface area contributed by atoms with Crippen LogP contribution in [0.1, 0.15) is 23.2 Å². The van der Waals surface area contributed by atoms with Crippen molar-refractivity contribution in [1.82, 2.24) is 0 Å². The van der Waals surface area contributed by atoms with Gasteiger partial charge in [-0.25, -0.2) is 4.79 Å². The number of carboxylic acids is 1. The number of rotatable bonds is 3. The summed E-state index contributed by atoms with van der Waals surface area (Å²) < 4.78 is 0. The number of hydrogen-bond acceptors (Lipinski definition) is 4. The summed E-state index contributed by atoms with van der Waals surface area (Å²) in [6.07, 6.45) is 2.20. The second-order valence-corrected chi connectivity index (χ2v) is 5.33. The number of hydrogen-bond donors (Lipinski definition) is 3. The van der Waals surface area contributed by atoms with Crippen molar-refractivity contribution in [2.75, 3.05) is 22.6 Å². The minimum atomic E-state index is -0.981. The van der Waals surface area contributed by atoms with Crippen molar-refractivity contribution in [1.29, 1.82) is 0 Å². The Morgan fingerprint density at radius 2 is 2.12 bits per heavy atom. The predicted octanol–water partition coefficient (Wildman–Crippen LogP) is 2.27. The highest BCUT2D eigenvalue weighted by Gasteiger charge is 2.16. The molecule has 5 heteroatoms. The normalized spacial score (nSPS) is 16.7. The van der Waals surface area contributed by atoms with Crippen molar-refractivity contribution in [3.8, 4) is 0 Å². The van der Waals surface area contributed by atoms with Crippen LogP contribution in [0.2, 0.25) is 0 Å². The zero-order valence-corrected chi connectivity index (χ0v) is 10.3. The first-order chi connectivity index (χ1) is 8.18. The van der Waals surface area contributed by atoms with Gasteiger partial charge in [0.05, 0.1) is 16.9 Å². The maximum atomic E-state index is 11.0. The summed E-state index contributed by atoms with van der Waals surface area (Å²) in [5.74, 6) is 1.32. The highest BCUT2D eigenvalue weighted by Crippen LogP contribution is 2.26. The Bertz CT molecular complexity index is 417. The first-order valence-electron chi connectivity index (χ1n) is 5.64. The van der Waals surface area contributed by atoms with E-state index >= 15 is 0 Å². The van der Waals surface area contributed by atoms with Crippen LogP contribution in [0.5, 0.6) is 0 Å². The SMILES string of the molecule is Nc1c(NC2CCSCC2)cccc1C(=O)O. The first-order valence-corrected chi connectivity index (χ1v) is 6.80. The Hall–Kier alpha value is -1.36. The predicted molar refractivity (Wildman–Crippen MR) is 71.8 cm³/mol. The molecule has 1 fully saturated rings. The number of nitrogens with two attached hydrogens (primary N) is 1. The lowest BCUT2D eigenvalue weighted by atomic mass is 10.1. The van der Waals surface area contributed by atoms with Crippen LogP contribution in [-0.2, 0) is 0 Å². The molecule has 0 amide bonds. The third-order valence-corrected chi connectivity index (χ3v) is 3.97. The van der Waals surface area contributed by atoms with Crippen LogP contribution in [-0.4, -0.2) is 28.6 Å². The molecule has 1 saturated heterocycles. The zero-order valence-electron chi connectivity index (χ0n) is 9.48. The van der Waals surface area contributed by atoms with Gasteiger partial charge in [0, 0.05) is 6.04 Å². The molecule has 17 heavy (non-hydrogen) atoms. The van der Waals surface area contributed by atoms with Crippen LogP contribution >= 0.6 is 11.8 Å². The van der Waals surface area contributed by atoms with Gasteiger partial charge in [0.1, 0.15) is 0 Å². The second-order valence-electron chi connectivity index (χ2n) is 4.10. The molecule has 0 bridgehead atoms. The van der Waals surface area contributed by atoms with Gasteiger partial charge in [-0.1, -0.05) is 6.07 Å². The van der Waals surface area contributed by atoms with Crippen molar-refractivity contribution in [3.05, 3.63) is 23.8 Å². The van der Waals surface area contributed by atoms with Crippen LogP contribution in [0, 0.1) is 0 Å². The summed E-state index contributed by atoms with van der Waals surface area (Å²) in [5.41, 5.74) is 7.09. The Morgan fingerprint density at radius 3 is 2.76 bits per heavy atom. The molecular weight excluding hydrogens is 236 g/mol. The van der Waals surface area contributed by atoms with E-state index < -0.39 is 5.97 Å². The fraction of sp³-hybridized carbons (Fsp3) is 0.417. The molecule has 1 aromatic rings. The Balaban J connectivity index is 2.15. The summed E-state index contributed by atoms with van der Waals surface area (Å²) in [7, 11) is 0. The van der Waals surface area contributed by atoms with Crippen molar-refractivity contribution >= 4 is 29.1 Å². The van der Waals surface area contributed by atoms with Crippen LogP contribution in [0.4, 0.5) is 11.4 Å². The van der Waals surface area contributed by atoms with Crippen LogP contribution in [0.3, 0.4) is 0 Å². The molecule has 4 nitrogen and oxygen atoms in total. The Labute approximate surface area is 105 Å². The molecule has 0 radical (unpaired) electrons. The van der Waals surface area contributed by atoms with E-state index in [1.54, 1.807) is 6.07 Å². The number of carbonyl (C=O) groups is 1. The quantitative estimate of drug-likeness (QED) is 0.719. The smallest absolute Gasteiger partial charge is 0.337 e. The number of benzene rings is 1. The van der Waals surface area contributed by atoms with Gasteiger partial charge in [0.2, 0.25) is 0 Å². The van der Waals surface area contributed by atoms with Gasteiger partial charge in [-0.3, -0.25) is 0 Å². The van der Waals surface area contributed by atoms with Crippen molar-refractivity contribution < 1.29 is 9.90 Å². The van der Waals surface area contributed by atoms with Gasteiger partial charge in [0.25, 0.3) is 0 Å². The highest BCUT2D eigenvalue weighted by molar-refractivity contribution is 7.99. The van der Waals surface area contributed by atoms with Gasteiger partial charge in [-0.2, -0.15) is 11.8 Å². The fourth-order valence-corrected chi connectivity index (χ4v) is 3.05. The molecule has 1 heterocycles. The molecule has 0 spiro atoms. The van der Waals surface area contributed by atoms with Crippen LogP contribution < -0.4 is 11.1 Å². The van der Waals surface area contributed by atoms with Crippen molar-refractivity contribution in [3.63, 3.8) is 0 Å². The standard InChI is InChI=1S/C12H16N2O2S/c13-11-9(12(15)16)2-1-3-10(11)14-8-4-6-17-7-5-8/h1-3,8,14H,4-7,13H2,(H,15,16). The number of nitrogen functional groups attached to an aromatic ring is 1. The second kappa shape index (κ2) is 5.31. The first kappa shape index (κ1) is 12.1. The maximum absolute atomic E-state index is 11.0. The minimum Gasteiger partial charge on any atom is -0.478 e. The molecule has 1 aliphatic rings. The molecule has 0 atom stereocenters. The van der Waals surface area contributed by atoms with Gasteiger partial charge >= 0.3 is 5.97 Å². The lowest BCUT2D eigenvalue weighted by Gasteiger charge is -2.24. The number of anilines is 2. The summed E-state index contributed by atoms with van der Waals surface area (Å²) in [4.78, 5) is 11.0. The molecule has 0 aromatic heterocycles. The van der Waals surface area contributed by atoms with Crippen LogP contribution in [0.25, 0.3) is 0 Å². The Morgan fingerprint density at radius 1 is 1.41 bits per heavy atom. The average Bonchev–Trinajstić information content (AvgIpc) is 2.33. The monoisotopic (exact) mass is 252 g/mol. The number of nitrogens with one attached hydrogen (secondary N) is 1. The fourth-order valence-electron chi connectivity index (χ4n) is 1.94. The number of carboxylic acid groups (broad SMARTS) is 1. The van der Waals surface area contributed by atoms with Gasteiger partial charge < -0.3 is 16.2 Å². The van der Waals surface area contributed by atoms with E-state index in [1.165, 1.54) is 6.07 Å². The molecule has 92 valence electrons. The Kier molecular flexibility index (Phi) is 3.78. The molecule has 0 aliphatic carbocycles. The number of thioether (sulfide) groups is 1. The van der Waals surface area contributed by atoms with E-state index in [1.807, 2.05) is 17.8 Å². The molecule has 0 unspecified atom stereocenters. The summed E-state index contributed by atoms with van der Waals surface area (Å²) in [5, 5.41) is 12.3. The van der Waals surface area contributed by atoms with Gasteiger partial charge in [0.15, 0.2) is 0 Å². The topological polar surface area (TPSA) is 75.3 Å². The molecule has 0 saturated carbocycles. The third-order valence-electron chi connectivity index (χ3n) is 2.92. The molecule has 4 N–H and O–H groups in total. The summed E-state index contributed by atoms with van der Waals surface area (Å²) >= 11 is 1.96. The molecule has 2 rings (SSSR count). The van der Waals surface area contributed by atoms with Gasteiger partial charge in [-0.15, -0.1) is 0 Å². The largest absolute Gasteiger partial charge is 0.478 e. The van der Waals surface area contributed by atoms with Crippen LogP contribution in [0.15, 0.2) is 18.2 Å². The third kappa shape index (κ3) is 2.85. The molecule has 1 aromatic carbocycles. The lowest BCUT2D eigenvalue weighted by molar-refractivity contribution is 0.0698. The number of aromatic carboxylic acids is 1. The highest BCUT2D eigenvalue weighted by atomic mass is 32.2. The van der Waals surface area contributed by atoms with Gasteiger partial charge in [-0.05, 0) is 36.5 Å². The minimum absolute atomic E-state index is 0.167.